The van der Waals surface area contributed by atoms with Gasteiger partial charge in [0.15, 0.2) is 0 Å². The molecule has 0 aromatic carbocycles. The lowest BCUT2D eigenvalue weighted by Crippen LogP contribution is -2.30. The van der Waals surface area contributed by atoms with Gasteiger partial charge in [-0.15, -0.1) is 0 Å². The summed E-state index contributed by atoms with van der Waals surface area (Å²) in [5.74, 6) is 0.465. The Morgan fingerprint density at radius 1 is 1.33 bits per heavy atom. The molecule has 0 aromatic heterocycles. The lowest BCUT2D eigenvalue weighted by atomic mass is 9.92. The van der Waals surface area contributed by atoms with Crippen molar-refractivity contribution in [1.82, 2.24) is 5.32 Å². The van der Waals surface area contributed by atoms with Gasteiger partial charge in [0, 0.05) is 13.2 Å². The van der Waals surface area contributed by atoms with Crippen molar-refractivity contribution >= 4 is 5.91 Å². The van der Waals surface area contributed by atoms with Gasteiger partial charge in [-0.25, -0.2) is 0 Å². The Morgan fingerprint density at radius 2 is 1.93 bits per heavy atom. The van der Waals surface area contributed by atoms with E-state index >= 15 is 0 Å². The van der Waals surface area contributed by atoms with Gasteiger partial charge in [0.05, 0.1) is 0 Å². The van der Waals surface area contributed by atoms with Crippen LogP contribution < -0.4 is 5.32 Å². The number of carbonyl (C=O) groups excluding carboxylic acids is 1. The first kappa shape index (κ1) is 14.4. The predicted molar refractivity (Wildman–Crippen MR) is 62.7 cm³/mol. The highest BCUT2D eigenvalue weighted by molar-refractivity contribution is 5.77. The van der Waals surface area contributed by atoms with Crippen LogP contribution in [-0.4, -0.2) is 25.7 Å². The molecule has 0 aliphatic carbocycles. The van der Waals surface area contributed by atoms with Crippen LogP contribution >= 0.6 is 0 Å². The molecule has 0 aromatic rings. The molecule has 90 valence electrons. The van der Waals surface area contributed by atoms with Crippen molar-refractivity contribution in [1.29, 1.82) is 0 Å². The van der Waals surface area contributed by atoms with E-state index < -0.39 is 0 Å². The summed E-state index contributed by atoms with van der Waals surface area (Å²) in [6, 6.07) is 0. The van der Waals surface area contributed by atoms with Gasteiger partial charge in [0.1, 0.15) is 6.61 Å². The molecule has 0 saturated heterocycles. The molecule has 0 aliphatic heterocycles. The number of carbonyl (C=O) groups is 1. The number of ether oxygens (including phenoxy) is 1. The lowest BCUT2D eigenvalue weighted by Gasteiger charge is -2.18. The highest BCUT2D eigenvalue weighted by Gasteiger charge is 2.10. The quantitative estimate of drug-likeness (QED) is 0.737. The fourth-order valence-corrected chi connectivity index (χ4v) is 1.02. The van der Waals surface area contributed by atoms with E-state index in [1.54, 1.807) is 0 Å². The minimum Gasteiger partial charge on any atom is -0.371 e. The summed E-state index contributed by atoms with van der Waals surface area (Å²) in [4.78, 5) is 11.3. The van der Waals surface area contributed by atoms with E-state index in [0.717, 1.165) is 13.0 Å². The summed E-state index contributed by atoms with van der Waals surface area (Å²) in [6.07, 6.45) is 0.989. The molecular formula is C12H25NO2. The standard InChI is InChI=1S/C12H25NO2/c1-10(2)8-15-9-11(14)13-7-6-12(3,4)5/h10H,6-9H2,1-5H3,(H,13,14). The minimum atomic E-state index is -0.0140. The largest absolute Gasteiger partial charge is 0.371 e. The molecule has 1 N–H and O–H groups in total. The van der Waals surface area contributed by atoms with Crippen LogP contribution in [0, 0.1) is 11.3 Å². The van der Waals surface area contributed by atoms with Crippen molar-refractivity contribution in [3.05, 3.63) is 0 Å². The Labute approximate surface area is 93.6 Å². The first-order valence-electron chi connectivity index (χ1n) is 5.66. The van der Waals surface area contributed by atoms with Gasteiger partial charge in [-0.05, 0) is 17.8 Å². The topological polar surface area (TPSA) is 38.3 Å². The van der Waals surface area contributed by atoms with Crippen LogP contribution in [0.4, 0.5) is 0 Å². The maximum atomic E-state index is 11.3. The third-order valence-corrected chi connectivity index (χ3v) is 1.88. The minimum absolute atomic E-state index is 0.0140. The second-order valence-electron chi connectivity index (χ2n) is 5.57. The van der Waals surface area contributed by atoms with Gasteiger partial charge in [0.2, 0.25) is 5.91 Å². The second-order valence-corrected chi connectivity index (χ2v) is 5.57. The van der Waals surface area contributed by atoms with Crippen LogP contribution in [0.2, 0.25) is 0 Å². The van der Waals surface area contributed by atoms with Crippen molar-refractivity contribution in [3.8, 4) is 0 Å². The number of rotatable bonds is 6. The van der Waals surface area contributed by atoms with E-state index in [2.05, 4.69) is 39.9 Å². The summed E-state index contributed by atoms with van der Waals surface area (Å²) in [5.41, 5.74) is 0.270. The zero-order valence-corrected chi connectivity index (χ0v) is 10.7. The van der Waals surface area contributed by atoms with Crippen LogP contribution in [0.1, 0.15) is 41.0 Å². The SMILES string of the molecule is CC(C)COCC(=O)NCCC(C)(C)C. The Hall–Kier alpha value is -0.570. The van der Waals surface area contributed by atoms with E-state index in [1.165, 1.54) is 0 Å². The maximum Gasteiger partial charge on any atom is 0.245 e. The lowest BCUT2D eigenvalue weighted by molar-refractivity contribution is -0.126. The van der Waals surface area contributed by atoms with Crippen molar-refractivity contribution in [2.45, 2.75) is 41.0 Å². The highest BCUT2D eigenvalue weighted by atomic mass is 16.5. The van der Waals surface area contributed by atoms with Crippen LogP contribution in [0.5, 0.6) is 0 Å². The van der Waals surface area contributed by atoms with Gasteiger partial charge in [-0.1, -0.05) is 34.6 Å². The zero-order chi connectivity index (χ0) is 11.9. The Kier molecular flexibility index (Phi) is 6.57. The zero-order valence-electron chi connectivity index (χ0n) is 10.7. The molecule has 0 rings (SSSR count). The van der Waals surface area contributed by atoms with Crippen LogP contribution in [0.25, 0.3) is 0 Å². The van der Waals surface area contributed by atoms with E-state index in [9.17, 15) is 4.79 Å². The first-order chi connectivity index (χ1) is 6.81. The number of nitrogens with one attached hydrogen (secondary N) is 1. The molecule has 1 amide bonds. The van der Waals surface area contributed by atoms with Crippen LogP contribution in [0.3, 0.4) is 0 Å². The molecule has 0 heterocycles. The molecule has 15 heavy (non-hydrogen) atoms. The fourth-order valence-electron chi connectivity index (χ4n) is 1.02. The Bertz CT molecular complexity index is 183. The number of hydrogen-bond donors (Lipinski definition) is 1. The molecule has 0 aliphatic rings. The molecule has 0 spiro atoms. The van der Waals surface area contributed by atoms with Crippen LogP contribution in [0.15, 0.2) is 0 Å². The van der Waals surface area contributed by atoms with Gasteiger partial charge < -0.3 is 10.1 Å². The monoisotopic (exact) mass is 215 g/mol. The molecule has 3 heteroatoms. The van der Waals surface area contributed by atoms with Crippen molar-refractivity contribution in [3.63, 3.8) is 0 Å². The maximum absolute atomic E-state index is 11.3. The smallest absolute Gasteiger partial charge is 0.245 e. The Morgan fingerprint density at radius 3 is 2.40 bits per heavy atom. The van der Waals surface area contributed by atoms with Gasteiger partial charge in [-0.3, -0.25) is 4.79 Å². The molecule has 3 nitrogen and oxygen atoms in total. The van der Waals surface area contributed by atoms with Gasteiger partial charge in [-0.2, -0.15) is 0 Å². The molecule has 0 atom stereocenters. The average molecular weight is 215 g/mol. The summed E-state index contributed by atoms with van der Waals surface area (Å²) in [7, 11) is 0. The molecular weight excluding hydrogens is 190 g/mol. The summed E-state index contributed by atoms with van der Waals surface area (Å²) in [6.45, 7) is 12.2. The van der Waals surface area contributed by atoms with Crippen molar-refractivity contribution < 1.29 is 9.53 Å². The van der Waals surface area contributed by atoms with E-state index in [4.69, 9.17) is 4.74 Å². The van der Waals surface area contributed by atoms with Gasteiger partial charge in [0.25, 0.3) is 0 Å². The fraction of sp³-hybridized carbons (Fsp3) is 0.917. The third-order valence-electron chi connectivity index (χ3n) is 1.88. The van der Waals surface area contributed by atoms with Crippen molar-refractivity contribution in [2.24, 2.45) is 11.3 Å². The molecule has 0 bridgehead atoms. The van der Waals surface area contributed by atoms with E-state index in [1.807, 2.05) is 0 Å². The molecule has 0 unspecified atom stereocenters. The first-order valence-corrected chi connectivity index (χ1v) is 5.66. The predicted octanol–water partition coefficient (Wildman–Crippen LogP) is 2.21. The molecule has 0 radical (unpaired) electrons. The average Bonchev–Trinajstić information content (AvgIpc) is 2.00. The normalized spacial score (nSPS) is 11.9. The van der Waals surface area contributed by atoms with Gasteiger partial charge >= 0.3 is 0 Å². The summed E-state index contributed by atoms with van der Waals surface area (Å²) in [5, 5.41) is 2.85. The number of amides is 1. The highest BCUT2D eigenvalue weighted by Crippen LogP contribution is 2.16. The molecule has 0 fully saturated rings. The van der Waals surface area contributed by atoms with E-state index in [0.29, 0.717) is 12.5 Å². The van der Waals surface area contributed by atoms with E-state index in [-0.39, 0.29) is 17.9 Å². The Balaban J connectivity index is 3.42. The third kappa shape index (κ3) is 11.4. The number of hydrogen-bond acceptors (Lipinski definition) is 2. The van der Waals surface area contributed by atoms with Crippen molar-refractivity contribution in [2.75, 3.05) is 19.8 Å². The van der Waals surface area contributed by atoms with Crippen LogP contribution in [-0.2, 0) is 9.53 Å². The molecule has 0 saturated carbocycles. The summed E-state index contributed by atoms with van der Waals surface area (Å²) < 4.78 is 5.23. The summed E-state index contributed by atoms with van der Waals surface area (Å²) >= 11 is 0. The second kappa shape index (κ2) is 6.83.